The third-order valence-electron chi connectivity index (χ3n) is 3.75. The fourth-order valence-corrected chi connectivity index (χ4v) is 2.95. The number of esters is 1. The summed E-state index contributed by atoms with van der Waals surface area (Å²) in [7, 11) is 0.499. The van der Waals surface area contributed by atoms with E-state index in [4.69, 9.17) is 14.2 Å². The molecule has 0 radical (unpaired) electrons. The Hall–Kier alpha value is -3.47. The third kappa shape index (κ3) is 6.27. The Balaban J connectivity index is 2.21. The van der Waals surface area contributed by atoms with Crippen molar-refractivity contribution in [1.29, 1.82) is 0 Å². The van der Waals surface area contributed by atoms with Gasteiger partial charge in [0.25, 0.3) is 5.91 Å². The maximum absolute atomic E-state index is 12.6. The summed E-state index contributed by atoms with van der Waals surface area (Å²) in [5.41, 5.74) is 0.782. The van der Waals surface area contributed by atoms with Crippen LogP contribution in [0.25, 0.3) is 0 Å². The zero-order valence-corrected chi connectivity index (χ0v) is 17.7. The standard InChI is InChI=1S/C19H22N2O8S/c1-26-15-8-6-13(10-14(15)21-30(4,24)25)20-19(23)12-5-7-16(17(9-12)27-2)29-11-18(22)28-3/h5-10,21H,11H2,1-4H3,(H,20,23). The predicted octanol–water partition coefficient (Wildman–Crippen LogP) is 1.88. The molecule has 0 spiro atoms. The minimum atomic E-state index is -3.54. The summed E-state index contributed by atoms with van der Waals surface area (Å²) in [4.78, 5) is 23.8. The molecule has 162 valence electrons. The molecule has 1 amide bonds. The number of carbonyl (C=O) groups excluding carboxylic acids is 2. The van der Waals surface area contributed by atoms with Crippen LogP contribution < -0.4 is 24.2 Å². The Bertz CT molecular complexity index is 1040. The van der Waals surface area contributed by atoms with Gasteiger partial charge in [-0.25, -0.2) is 13.2 Å². The fourth-order valence-electron chi connectivity index (χ4n) is 2.39. The second-order valence-corrected chi connectivity index (χ2v) is 7.72. The molecule has 30 heavy (non-hydrogen) atoms. The Morgan fingerprint density at radius 1 is 0.933 bits per heavy atom. The molecular formula is C19H22N2O8S. The number of anilines is 2. The number of hydrogen-bond acceptors (Lipinski definition) is 8. The van der Waals surface area contributed by atoms with E-state index in [0.717, 1.165) is 6.26 Å². The Morgan fingerprint density at radius 3 is 2.20 bits per heavy atom. The molecule has 0 saturated carbocycles. The van der Waals surface area contributed by atoms with E-state index < -0.39 is 21.9 Å². The topological polar surface area (TPSA) is 129 Å². The SMILES string of the molecule is COC(=O)COc1ccc(C(=O)Nc2ccc(OC)c(NS(C)(=O)=O)c2)cc1OC. The highest BCUT2D eigenvalue weighted by Gasteiger charge is 2.15. The van der Waals surface area contributed by atoms with Crippen molar-refractivity contribution < 1.29 is 37.0 Å². The largest absolute Gasteiger partial charge is 0.495 e. The molecule has 0 bridgehead atoms. The maximum atomic E-state index is 12.6. The highest BCUT2D eigenvalue weighted by molar-refractivity contribution is 7.92. The van der Waals surface area contributed by atoms with Crippen molar-refractivity contribution >= 4 is 33.3 Å². The van der Waals surface area contributed by atoms with Crippen LogP contribution in [0.15, 0.2) is 36.4 Å². The van der Waals surface area contributed by atoms with Gasteiger partial charge < -0.3 is 24.3 Å². The average molecular weight is 438 g/mol. The number of carbonyl (C=O) groups is 2. The smallest absolute Gasteiger partial charge is 0.343 e. The number of ether oxygens (including phenoxy) is 4. The first-order valence-corrected chi connectivity index (χ1v) is 10.4. The third-order valence-corrected chi connectivity index (χ3v) is 4.34. The van der Waals surface area contributed by atoms with Crippen LogP contribution in [-0.4, -0.2) is 54.5 Å². The van der Waals surface area contributed by atoms with Crippen LogP contribution in [0.2, 0.25) is 0 Å². The van der Waals surface area contributed by atoms with E-state index in [1.54, 1.807) is 6.07 Å². The van der Waals surface area contributed by atoms with E-state index in [0.29, 0.717) is 11.4 Å². The first kappa shape index (κ1) is 22.8. The van der Waals surface area contributed by atoms with Crippen LogP contribution in [-0.2, 0) is 19.6 Å². The van der Waals surface area contributed by atoms with Gasteiger partial charge in [-0.1, -0.05) is 0 Å². The molecule has 0 fully saturated rings. The van der Waals surface area contributed by atoms with Crippen molar-refractivity contribution in [3.05, 3.63) is 42.0 Å². The molecule has 0 aromatic heterocycles. The van der Waals surface area contributed by atoms with Crippen LogP contribution in [0.5, 0.6) is 17.2 Å². The first-order valence-electron chi connectivity index (χ1n) is 8.51. The maximum Gasteiger partial charge on any atom is 0.343 e. The molecule has 2 aromatic carbocycles. The first-order chi connectivity index (χ1) is 14.2. The van der Waals surface area contributed by atoms with Gasteiger partial charge in [0.1, 0.15) is 5.75 Å². The Labute approximate surface area is 174 Å². The van der Waals surface area contributed by atoms with E-state index >= 15 is 0 Å². The summed E-state index contributed by atoms with van der Waals surface area (Å²) in [6.45, 7) is -0.305. The van der Waals surface area contributed by atoms with Gasteiger partial charge in [-0.3, -0.25) is 9.52 Å². The summed E-state index contributed by atoms with van der Waals surface area (Å²) in [6.07, 6.45) is 1.01. The highest BCUT2D eigenvalue weighted by Crippen LogP contribution is 2.30. The van der Waals surface area contributed by atoms with Crippen LogP contribution in [0.1, 0.15) is 10.4 Å². The lowest BCUT2D eigenvalue weighted by molar-refractivity contribution is -0.142. The van der Waals surface area contributed by atoms with Gasteiger partial charge in [0, 0.05) is 11.3 Å². The molecule has 2 aromatic rings. The number of rotatable bonds is 9. The summed E-state index contributed by atoms with van der Waals surface area (Å²) in [6, 6.07) is 8.94. The van der Waals surface area contributed by atoms with Gasteiger partial charge in [0.15, 0.2) is 18.1 Å². The van der Waals surface area contributed by atoms with Crippen LogP contribution in [0.3, 0.4) is 0 Å². The zero-order chi connectivity index (χ0) is 22.3. The van der Waals surface area contributed by atoms with E-state index in [2.05, 4.69) is 14.8 Å². The Kier molecular flexibility index (Phi) is 7.48. The van der Waals surface area contributed by atoms with E-state index in [1.165, 1.54) is 51.7 Å². The fraction of sp³-hybridized carbons (Fsp3) is 0.263. The van der Waals surface area contributed by atoms with Crippen molar-refractivity contribution in [1.82, 2.24) is 0 Å². The average Bonchev–Trinajstić information content (AvgIpc) is 2.70. The lowest BCUT2D eigenvalue weighted by Gasteiger charge is -2.13. The molecule has 2 N–H and O–H groups in total. The molecule has 0 saturated heterocycles. The predicted molar refractivity (Wildman–Crippen MR) is 110 cm³/mol. The summed E-state index contributed by atoms with van der Waals surface area (Å²) in [5.74, 6) is -0.211. The van der Waals surface area contributed by atoms with Crippen molar-refractivity contribution in [3.8, 4) is 17.2 Å². The summed E-state index contributed by atoms with van der Waals surface area (Å²) < 4.78 is 45.5. The number of benzene rings is 2. The second-order valence-electron chi connectivity index (χ2n) is 5.97. The minimum absolute atomic E-state index is 0.182. The summed E-state index contributed by atoms with van der Waals surface area (Å²) >= 11 is 0. The lowest BCUT2D eigenvalue weighted by Crippen LogP contribution is -2.15. The molecule has 0 unspecified atom stereocenters. The number of sulfonamides is 1. The quantitative estimate of drug-likeness (QED) is 0.568. The normalized spacial score (nSPS) is 10.7. The molecule has 10 nitrogen and oxygen atoms in total. The molecular weight excluding hydrogens is 416 g/mol. The molecule has 0 atom stereocenters. The molecule has 0 aliphatic rings. The summed E-state index contributed by atoms with van der Waals surface area (Å²) in [5, 5.41) is 2.67. The van der Waals surface area contributed by atoms with Gasteiger partial charge >= 0.3 is 5.97 Å². The second kappa shape index (κ2) is 9.83. The van der Waals surface area contributed by atoms with Gasteiger partial charge in [-0.05, 0) is 36.4 Å². The lowest BCUT2D eigenvalue weighted by atomic mass is 10.1. The molecule has 2 rings (SSSR count). The van der Waals surface area contributed by atoms with Crippen LogP contribution >= 0.6 is 0 Å². The minimum Gasteiger partial charge on any atom is -0.495 e. The van der Waals surface area contributed by atoms with Crippen molar-refractivity contribution in [2.45, 2.75) is 0 Å². The van der Waals surface area contributed by atoms with Gasteiger partial charge in [-0.15, -0.1) is 0 Å². The van der Waals surface area contributed by atoms with Gasteiger partial charge in [-0.2, -0.15) is 0 Å². The monoisotopic (exact) mass is 438 g/mol. The van der Waals surface area contributed by atoms with E-state index in [-0.39, 0.29) is 29.4 Å². The van der Waals surface area contributed by atoms with Gasteiger partial charge in [0.05, 0.1) is 33.3 Å². The Morgan fingerprint density at radius 2 is 1.60 bits per heavy atom. The van der Waals surface area contributed by atoms with Crippen molar-refractivity contribution in [2.75, 3.05) is 44.2 Å². The van der Waals surface area contributed by atoms with E-state index in [9.17, 15) is 18.0 Å². The van der Waals surface area contributed by atoms with Crippen LogP contribution in [0.4, 0.5) is 11.4 Å². The molecule has 0 aliphatic carbocycles. The number of hydrogen-bond donors (Lipinski definition) is 2. The van der Waals surface area contributed by atoms with E-state index in [1.807, 2.05) is 0 Å². The molecule has 0 aliphatic heterocycles. The highest BCUT2D eigenvalue weighted by atomic mass is 32.2. The van der Waals surface area contributed by atoms with Crippen molar-refractivity contribution in [2.24, 2.45) is 0 Å². The van der Waals surface area contributed by atoms with Crippen LogP contribution in [0, 0.1) is 0 Å². The molecule has 11 heteroatoms. The number of nitrogens with one attached hydrogen (secondary N) is 2. The zero-order valence-electron chi connectivity index (χ0n) is 16.8. The number of methoxy groups -OCH3 is 3. The van der Waals surface area contributed by atoms with Crippen molar-refractivity contribution in [3.63, 3.8) is 0 Å². The van der Waals surface area contributed by atoms with Gasteiger partial charge in [0.2, 0.25) is 10.0 Å². The molecule has 0 heterocycles. The number of amides is 1.